The lowest BCUT2D eigenvalue weighted by Crippen LogP contribution is -2.43. The maximum atomic E-state index is 11.1. The summed E-state index contributed by atoms with van der Waals surface area (Å²) >= 11 is 0. The van der Waals surface area contributed by atoms with Gasteiger partial charge in [-0.2, -0.15) is 0 Å². The molecule has 1 aliphatic rings. The van der Waals surface area contributed by atoms with Crippen LogP contribution in [-0.4, -0.2) is 33.6 Å². The Morgan fingerprint density at radius 1 is 1.61 bits per heavy atom. The van der Waals surface area contributed by atoms with E-state index in [-0.39, 0.29) is 11.9 Å². The van der Waals surface area contributed by atoms with Crippen LogP contribution in [0.1, 0.15) is 25.6 Å². The number of aromatic nitrogens is 2. The average molecular weight is 253 g/mol. The van der Waals surface area contributed by atoms with E-state index in [2.05, 4.69) is 4.98 Å². The first-order chi connectivity index (χ1) is 8.54. The van der Waals surface area contributed by atoms with Gasteiger partial charge in [0.1, 0.15) is 0 Å². The number of nitro groups is 1. The van der Waals surface area contributed by atoms with Gasteiger partial charge in [-0.1, -0.05) is 0 Å². The molecule has 2 rings (SSSR count). The monoisotopic (exact) mass is 253 g/mol. The molecule has 0 radical (unpaired) electrons. The van der Waals surface area contributed by atoms with Crippen LogP contribution >= 0.6 is 0 Å². The number of rotatable bonds is 3. The van der Waals surface area contributed by atoms with E-state index < -0.39 is 4.92 Å². The van der Waals surface area contributed by atoms with E-state index in [1.807, 2.05) is 16.4 Å². The highest BCUT2D eigenvalue weighted by molar-refractivity contribution is 5.56. The highest BCUT2D eigenvalue weighted by Gasteiger charge is 2.31. The van der Waals surface area contributed by atoms with Crippen LogP contribution in [0.5, 0.6) is 0 Å². The van der Waals surface area contributed by atoms with Gasteiger partial charge in [0.2, 0.25) is 11.6 Å². The zero-order valence-electron chi connectivity index (χ0n) is 10.8. The number of anilines is 1. The Morgan fingerprint density at radius 2 is 2.33 bits per heavy atom. The first-order valence-corrected chi connectivity index (χ1v) is 6.26. The highest BCUT2D eigenvalue weighted by atomic mass is 16.6. The average Bonchev–Trinajstić information content (AvgIpc) is 2.66. The lowest BCUT2D eigenvalue weighted by molar-refractivity contribution is -0.388. The van der Waals surface area contributed by atoms with Crippen LogP contribution in [0.2, 0.25) is 0 Å². The Morgan fingerprint density at radius 3 is 2.89 bits per heavy atom. The molecule has 0 aromatic carbocycles. The third kappa shape index (κ3) is 2.17. The molecule has 1 aliphatic heterocycles. The van der Waals surface area contributed by atoms with Crippen molar-refractivity contribution in [2.24, 2.45) is 5.73 Å². The van der Waals surface area contributed by atoms with Crippen molar-refractivity contribution in [1.29, 1.82) is 0 Å². The van der Waals surface area contributed by atoms with E-state index in [1.54, 1.807) is 6.92 Å². The Kier molecular flexibility index (Phi) is 3.51. The molecule has 18 heavy (non-hydrogen) atoms. The fourth-order valence-corrected chi connectivity index (χ4v) is 2.55. The molecule has 100 valence electrons. The molecule has 2 N–H and O–H groups in total. The van der Waals surface area contributed by atoms with Crippen molar-refractivity contribution in [3.05, 3.63) is 15.9 Å². The minimum Gasteiger partial charge on any atom is -0.358 e. The summed E-state index contributed by atoms with van der Waals surface area (Å²) < 4.78 is 1.89. The first-order valence-electron chi connectivity index (χ1n) is 6.26. The quantitative estimate of drug-likeness (QED) is 0.642. The number of imidazole rings is 1. The summed E-state index contributed by atoms with van der Waals surface area (Å²) in [6.45, 7) is 5.90. The molecule has 1 fully saturated rings. The lowest BCUT2D eigenvalue weighted by atomic mass is 10.1. The number of piperidine rings is 1. The summed E-state index contributed by atoms with van der Waals surface area (Å²) in [4.78, 5) is 16.7. The predicted molar refractivity (Wildman–Crippen MR) is 68.7 cm³/mol. The predicted octanol–water partition coefficient (Wildman–Crippen LogP) is 1.05. The van der Waals surface area contributed by atoms with Crippen LogP contribution in [0, 0.1) is 17.0 Å². The summed E-state index contributed by atoms with van der Waals surface area (Å²) in [7, 11) is 0. The standard InChI is InChI=1S/C11H19N5O2/c1-3-15-8(2)13-10(16(17)18)11(15)14-6-4-5-9(12)7-14/h9H,3-7,12H2,1-2H3. The van der Waals surface area contributed by atoms with Crippen molar-refractivity contribution in [2.45, 2.75) is 39.3 Å². The Balaban J connectivity index is 2.43. The van der Waals surface area contributed by atoms with Crippen LogP contribution in [-0.2, 0) is 6.54 Å². The maximum absolute atomic E-state index is 11.1. The fraction of sp³-hybridized carbons (Fsp3) is 0.727. The van der Waals surface area contributed by atoms with Crippen LogP contribution in [0.3, 0.4) is 0 Å². The van der Waals surface area contributed by atoms with Crippen LogP contribution < -0.4 is 10.6 Å². The summed E-state index contributed by atoms with van der Waals surface area (Å²) in [6, 6.07) is 0.0823. The Labute approximate surface area is 106 Å². The van der Waals surface area contributed by atoms with Crippen molar-refractivity contribution in [2.75, 3.05) is 18.0 Å². The van der Waals surface area contributed by atoms with Gasteiger partial charge in [0.25, 0.3) is 0 Å². The molecule has 7 heteroatoms. The second-order valence-electron chi connectivity index (χ2n) is 4.66. The summed E-state index contributed by atoms with van der Waals surface area (Å²) in [5, 5.41) is 11.1. The molecule has 0 amide bonds. The van der Waals surface area contributed by atoms with Gasteiger partial charge in [-0.15, -0.1) is 0 Å². The van der Waals surface area contributed by atoms with Gasteiger partial charge in [-0.05, 0) is 29.7 Å². The van der Waals surface area contributed by atoms with Crippen molar-refractivity contribution in [3.63, 3.8) is 0 Å². The third-order valence-corrected chi connectivity index (χ3v) is 3.36. The number of hydrogen-bond donors (Lipinski definition) is 1. The largest absolute Gasteiger partial charge is 0.406 e. The van der Waals surface area contributed by atoms with Crippen molar-refractivity contribution in [3.8, 4) is 0 Å². The van der Waals surface area contributed by atoms with Crippen LogP contribution in [0.4, 0.5) is 11.6 Å². The van der Waals surface area contributed by atoms with Gasteiger partial charge in [-0.25, -0.2) is 0 Å². The van der Waals surface area contributed by atoms with E-state index in [0.29, 0.717) is 24.7 Å². The molecule has 1 aromatic heterocycles. The number of nitrogens with zero attached hydrogens (tertiary/aromatic N) is 4. The van der Waals surface area contributed by atoms with E-state index in [9.17, 15) is 10.1 Å². The van der Waals surface area contributed by atoms with E-state index in [0.717, 1.165) is 19.4 Å². The smallest absolute Gasteiger partial charge is 0.358 e. The fourth-order valence-electron chi connectivity index (χ4n) is 2.55. The minimum absolute atomic E-state index is 0.0524. The molecule has 1 unspecified atom stereocenters. The normalized spacial score (nSPS) is 20.2. The Hall–Kier alpha value is -1.63. The van der Waals surface area contributed by atoms with Gasteiger partial charge < -0.3 is 20.7 Å². The van der Waals surface area contributed by atoms with Crippen molar-refractivity contribution >= 4 is 11.6 Å². The molecule has 1 atom stereocenters. The second-order valence-corrected chi connectivity index (χ2v) is 4.66. The molecule has 1 aromatic rings. The molecule has 0 saturated carbocycles. The van der Waals surface area contributed by atoms with Gasteiger partial charge in [0.05, 0.1) is 0 Å². The number of hydrogen-bond acceptors (Lipinski definition) is 5. The molecule has 0 aliphatic carbocycles. The molecular formula is C11H19N5O2. The number of nitrogens with two attached hydrogens (primary N) is 1. The minimum atomic E-state index is -0.408. The van der Waals surface area contributed by atoms with E-state index >= 15 is 0 Å². The van der Waals surface area contributed by atoms with Crippen molar-refractivity contribution < 1.29 is 4.92 Å². The van der Waals surface area contributed by atoms with E-state index in [1.165, 1.54) is 0 Å². The topological polar surface area (TPSA) is 90.2 Å². The lowest BCUT2D eigenvalue weighted by Gasteiger charge is -2.31. The third-order valence-electron chi connectivity index (χ3n) is 3.36. The summed E-state index contributed by atoms with van der Waals surface area (Å²) in [6.07, 6.45) is 1.94. The SMILES string of the molecule is CCn1c(C)nc([N+](=O)[O-])c1N1CCCC(N)C1. The van der Waals surface area contributed by atoms with E-state index in [4.69, 9.17) is 5.73 Å². The van der Waals surface area contributed by atoms with Gasteiger partial charge in [0.15, 0.2) is 0 Å². The van der Waals surface area contributed by atoms with Gasteiger partial charge in [-0.3, -0.25) is 4.57 Å². The molecule has 1 saturated heterocycles. The zero-order chi connectivity index (χ0) is 13.3. The van der Waals surface area contributed by atoms with Gasteiger partial charge >= 0.3 is 5.82 Å². The summed E-state index contributed by atoms with van der Waals surface area (Å²) in [5.74, 6) is 1.23. The summed E-state index contributed by atoms with van der Waals surface area (Å²) in [5.41, 5.74) is 5.95. The molecule has 0 bridgehead atoms. The maximum Gasteiger partial charge on any atom is 0.406 e. The number of aryl methyl sites for hydroxylation is 1. The Bertz CT molecular complexity index is 457. The van der Waals surface area contributed by atoms with Gasteiger partial charge in [0, 0.05) is 32.6 Å². The van der Waals surface area contributed by atoms with Crippen molar-refractivity contribution in [1.82, 2.24) is 9.55 Å². The van der Waals surface area contributed by atoms with Crippen LogP contribution in [0.25, 0.3) is 0 Å². The highest BCUT2D eigenvalue weighted by Crippen LogP contribution is 2.30. The molecule has 7 nitrogen and oxygen atoms in total. The second kappa shape index (κ2) is 4.93. The molecule has 2 heterocycles. The zero-order valence-corrected chi connectivity index (χ0v) is 10.8. The molecular weight excluding hydrogens is 234 g/mol. The van der Waals surface area contributed by atoms with Crippen LogP contribution in [0.15, 0.2) is 0 Å². The molecule has 0 spiro atoms. The first kappa shape index (κ1) is 12.8.